The van der Waals surface area contributed by atoms with E-state index in [9.17, 15) is 18.5 Å². The molecule has 0 bridgehead atoms. The fourth-order valence-electron chi connectivity index (χ4n) is 2.27. The molecule has 0 saturated carbocycles. The minimum absolute atomic E-state index is 0.140. The van der Waals surface area contributed by atoms with Crippen LogP contribution in [0.15, 0.2) is 23.1 Å². The van der Waals surface area contributed by atoms with Gasteiger partial charge in [-0.1, -0.05) is 6.92 Å². The SMILES string of the molecule is CC1SCCN(S(=O)(=O)c2ccc(N)cc2[N+](=O)[O-])C1C. The van der Waals surface area contributed by atoms with Crippen molar-refractivity contribution in [2.45, 2.75) is 30.0 Å². The van der Waals surface area contributed by atoms with Crippen LogP contribution < -0.4 is 5.73 Å². The molecule has 1 saturated heterocycles. The Morgan fingerprint density at radius 1 is 1.43 bits per heavy atom. The Morgan fingerprint density at radius 3 is 2.71 bits per heavy atom. The van der Waals surface area contributed by atoms with Crippen LogP contribution in [0.5, 0.6) is 0 Å². The zero-order chi connectivity index (χ0) is 15.8. The topological polar surface area (TPSA) is 107 Å². The first-order valence-electron chi connectivity index (χ1n) is 6.42. The van der Waals surface area contributed by atoms with Crippen molar-refractivity contribution in [1.29, 1.82) is 0 Å². The average Bonchev–Trinajstić information content (AvgIpc) is 2.41. The maximum absolute atomic E-state index is 12.8. The Morgan fingerprint density at radius 2 is 2.10 bits per heavy atom. The van der Waals surface area contributed by atoms with E-state index in [-0.39, 0.29) is 21.9 Å². The second kappa shape index (κ2) is 5.82. The Kier molecular flexibility index (Phi) is 4.45. The summed E-state index contributed by atoms with van der Waals surface area (Å²) in [6.45, 7) is 4.12. The zero-order valence-corrected chi connectivity index (χ0v) is 13.4. The quantitative estimate of drug-likeness (QED) is 0.513. The molecule has 0 aliphatic carbocycles. The van der Waals surface area contributed by atoms with Gasteiger partial charge in [0, 0.05) is 35.3 Å². The third-order valence-electron chi connectivity index (χ3n) is 3.59. The van der Waals surface area contributed by atoms with Crippen LogP contribution in [-0.2, 0) is 10.0 Å². The molecule has 1 aromatic carbocycles. The normalized spacial score (nSPS) is 23.9. The molecule has 21 heavy (non-hydrogen) atoms. The number of nitro groups is 1. The largest absolute Gasteiger partial charge is 0.399 e. The predicted octanol–water partition coefficient (Wildman–Crippen LogP) is 1.69. The molecule has 1 aromatic rings. The maximum atomic E-state index is 12.8. The highest BCUT2D eigenvalue weighted by Gasteiger charge is 2.38. The first kappa shape index (κ1) is 16.1. The molecule has 1 aliphatic rings. The molecule has 0 amide bonds. The number of rotatable bonds is 3. The predicted molar refractivity (Wildman–Crippen MR) is 82.8 cm³/mol. The summed E-state index contributed by atoms with van der Waals surface area (Å²) in [6.07, 6.45) is 0. The van der Waals surface area contributed by atoms with Crippen molar-refractivity contribution >= 4 is 33.2 Å². The van der Waals surface area contributed by atoms with Gasteiger partial charge in [0.25, 0.3) is 5.69 Å². The number of thioether (sulfide) groups is 1. The van der Waals surface area contributed by atoms with Gasteiger partial charge in [-0.2, -0.15) is 16.1 Å². The van der Waals surface area contributed by atoms with E-state index >= 15 is 0 Å². The van der Waals surface area contributed by atoms with Crippen LogP contribution in [0.1, 0.15) is 13.8 Å². The summed E-state index contributed by atoms with van der Waals surface area (Å²) in [6, 6.07) is 3.44. The highest BCUT2D eigenvalue weighted by molar-refractivity contribution is 8.00. The van der Waals surface area contributed by atoms with Crippen molar-refractivity contribution in [3.63, 3.8) is 0 Å². The molecule has 0 radical (unpaired) electrons. The molecular formula is C12H17N3O4S2. The van der Waals surface area contributed by atoms with Gasteiger partial charge in [0.05, 0.1) is 4.92 Å². The van der Waals surface area contributed by atoms with Gasteiger partial charge in [-0.15, -0.1) is 0 Å². The van der Waals surface area contributed by atoms with Crippen molar-refractivity contribution in [3.05, 3.63) is 28.3 Å². The van der Waals surface area contributed by atoms with Gasteiger partial charge in [0.2, 0.25) is 10.0 Å². The van der Waals surface area contributed by atoms with E-state index in [4.69, 9.17) is 5.73 Å². The maximum Gasteiger partial charge on any atom is 0.291 e. The lowest BCUT2D eigenvalue weighted by Gasteiger charge is -2.36. The van der Waals surface area contributed by atoms with E-state index in [1.54, 1.807) is 11.8 Å². The third-order valence-corrected chi connectivity index (χ3v) is 6.96. The van der Waals surface area contributed by atoms with E-state index in [0.717, 1.165) is 6.07 Å². The number of nitrogens with two attached hydrogens (primary N) is 1. The molecule has 2 N–H and O–H groups in total. The summed E-state index contributed by atoms with van der Waals surface area (Å²) in [4.78, 5) is 10.1. The first-order valence-corrected chi connectivity index (χ1v) is 8.91. The summed E-state index contributed by atoms with van der Waals surface area (Å²) < 4.78 is 26.8. The van der Waals surface area contributed by atoms with Crippen molar-refractivity contribution < 1.29 is 13.3 Å². The second-order valence-electron chi connectivity index (χ2n) is 4.92. The van der Waals surface area contributed by atoms with Crippen LogP contribution in [0.25, 0.3) is 0 Å². The fraction of sp³-hybridized carbons (Fsp3) is 0.500. The second-order valence-corrected chi connectivity index (χ2v) is 8.26. The van der Waals surface area contributed by atoms with Crippen LogP contribution in [0, 0.1) is 10.1 Å². The standard InChI is InChI=1S/C12H17N3O4S2/c1-8-9(2)20-6-5-14(8)21(18,19)12-4-3-10(13)7-11(12)15(16)17/h3-4,7-9H,5-6,13H2,1-2H3. The highest BCUT2D eigenvalue weighted by atomic mass is 32.2. The molecule has 0 aromatic heterocycles. The van der Waals surface area contributed by atoms with Gasteiger partial charge in [-0.05, 0) is 19.1 Å². The molecule has 2 atom stereocenters. The van der Waals surface area contributed by atoms with Crippen molar-refractivity contribution in [2.75, 3.05) is 18.0 Å². The van der Waals surface area contributed by atoms with Crippen molar-refractivity contribution in [2.24, 2.45) is 0 Å². The lowest BCUT2D eigenvalue weighted by molar-refractivity contribution is -0.387. The van der Waals surface area contributed by atoms with Crippen LogP contribution in [0.4, 0.5) is 11.4 Å². The van der Waals surface area contributed by atoms with Gasteiger partial charge in [-0.3, -0.25) is 10.1 Å². The number of hydrogen-bond donors (Lipinski definition) is 1. The molecule has 2 rings (SSSR count). The molecule has 1 aliphatic heterocycles. The van der Waals surface area contributed by atoms with E-state index in [1.165, 1.54) is 16.4 Å². The number of sulfonamides is 1. The van der Waals surface area contributed by atoms with Crippen molar-refractivity contribution in [1.82, 2.24) is 4.31 Å². The molecular weight excluding hydrogens is 314 g/mol. The van der Waals surface area contributed by atoms with Crippen molar-refractivity contribution in [3.8, 4) is 0 Å². The van der Waals surface area contributed by atoms with Gasteiger partial charge < -0.3 is 5.73 Å². The Balaban J connectivity index is 2.52. The number of nitrogen functional groups attached to an aromatic ring is 1. The Bertz CT molecular complexity index is 662. The molecule has 7 nitrogen and oxygen atoms in total. The summed E-state index contributed by atoms with van der Waals surface area (Å²) >= 11 is 1.69. The first-order chi connectivity index (χ1) is 9.75. The van der Waals surface area contributed by atoms with Gasteiger partial charge >= 0.3 is 0 Å². The lowest BCUT2D eigenvalue weighted by atomic mass is 10.2. The zero-order valence-electron chi connectivity index (χ0n) is 11.7. The van der Waals surface area contributed by atoms with Gasteiger partial charge in [0.1, 0.15) is 0 Å². The minimum Gasteiger partial charge on any atom is -0.399 e. The number of anilines is 1. The van der Waals surface area contributed by atoms with Crippen LogP contribution in [0.3, 0.4) is 0 Å². The summed E-state index contributed by atoms with van der Waals surface area (Å²) in [5.41, 5.74) is 5.20. The minimum atomic E-state index is -3.91. The Hall–Kier alpha value is -1.32. The summed E-state index contributed by atoms with van der Waals surface area (Å²) in [5.74, 6) is 0.674. The van der Waals surface area contributed by atoms with E-state index in [1.807, 2.05) is 13.8 Å². The van der Waals surface area contributed by atoms with Gasteiger partial charge in [0.15, 0.2) is 4.90 Å². The monoisotopic (exact) mass is 331 g/mol. The van der Waals surface area contributed by atoms with Gasteiger partial charge in [-0.25, -0.2) is 8.42 Å². The molecule has 116 valence electrons. The smallest absolute Gasteiger partial charge is 0.291 e. The molecule has 1 heterocycles. The molecule has 0 spiro atoms. The fourth-order valence-corrected chi connectivity index (χ4v) is 5.40. The van der Waals surface area contributed by atoms with E-state index in [0.29, 0.717) is 12.3 Å². The third kappa shape index (κ3) is 2.99. The average molecular weight is 331 g/mol. The van der Waals surface area contributed by atoms with E-state index in [2.05, 4.69) is 0 Å². The molecule has 1 fully saturated rings. The number of benzene rings is 1. The number of nitrogens with zero attached hydrogens (tertiary/aromatic N) is 2. The number of hydrogen-bond acceptors (Lipinski definition) is 6. The van der Waals surface area contributed by atoms with Crippen LogP contribution in [0.2, 0.25) is 0 Å². The Labute approximate surface area is 127 Å². The summed E-state index contributed by atoms with van der Waals surface area (Å²) in [7, 11) is -3.91. The van der Waals surface area contributed by atoms with E-state index < -0.39 is 20.6 Å². The molecule has 2 unspecified atom stereocenters. The molecule has 9 heteroatoms. The van der Waals surface area contributed by atoms with Crippen LogP contribution >= 0.6 is 11.8 Å². The highest BCUT2D eigenvalue weighted by Crippen LogP contribution is 2.33. The number of nitro benzene ring substituents is 1. The van der Waals surface area contributed by atoms with Crippen LogP contribution in [-0.4, -0.2) is 41.2 Å². The summed E-state index contributed by atoms with van der Waals surface area (Å²) in [5, 5.41) is 11.3. The lowest BCUT2D eigenvalue weighted by Crippen LogP contribution is -2.47.